The molecule has 0 aliphatic heterocycles. The fourth-order valence-corrected chi connectivity index (χ4v) is 3.66. The van der Waals surface area contributed by atoms with Crippen molar-refractivity contribution in [2.75, 3.05) is 0 Å². The zero-order valence-corrected chi connectivity index (χ0v) is 9.39. The fourth-order valence-electron chi connectivity index (χ4n) is 3.66. The van der Waals surface area contributed by atoms with Crippen LogP contribution in [-0.4, -0.2) is 6.29 Å². The molecule has 0 N–H and O–H groups in total. The summed E-state index contributed by atoms with van der Waals surface area (Å²) in [5, 5.41) is 0. The average Bonchev–Trinajstić information content (AvgIpc) is 2.92. The van der Waals surface area contributed by atoms with Crippen LogP contribution >= 0.6 is 0 Å². The summed E-state index contributed by atoms with van der Waals surface area (Å²) >= 11 is 0. The van der Waals surface area contributed by atoms with Crippen molar-refractivity contribution in [3.8, 4) is 0 Å². The van der Waals surface area contributed by atoms with Gasteiger partial charge in [0.05, 0.1) is 5.41 Å². The van der Waals surface area contributed by atoms with E-state index in [4.69, 9.17) is 0 Å². The minimum atomic E-state index is -0.363. The third-order valence-electron chi connectivity index (χ3n) is 4.36. The van der Waals surface area contributed by atoms with Crippen molar-refractivity contribution >= 4 is 6.29 Å². The van der Waals surface area contributed by atoms with Gasteiger partial charge >= 0.3 is 0 Å². The maximum Gasteiger partial charge on any atom is 0.134 e. The first-order valence-corrected chi connectivity index (χ1v) is 6.02. The summed E-state index contributed by atoms with van der Waals surface area (Å²) < 4.78 is 0. The van der Waals surface area contributed by atoms with Gasteiger partial charge in [0, 0.05) is 5.92 Å². The van der Waals surface area contributed by atoms with Gasteiger partial charge in [-0.25, -0.2) is 0 Å². The molecule has 0 saturated carbocycles. The molecular formula is C16H12O. The second-order valence-electron chi connectivity index (χ2n) is 5.02. The summed E-state index contributed by atoms with van der Waals surface area (Å²) in [5.74, 6) is 0.424. The SMILES string of the molecule is O=CC12CC(c3ccccc31)c1ccccc12. The van der Waals surface area contributed by atoms with E-state index in [1.165, 1.54) is 22.3 Å². The first-order valence-electron chi connectivity index (χ1n) is 6.02. The Kier molecular flexibility index (Phi) is 1.54. The summed E-state index contributed by atoms with van der Waals surface area (Å²) in [6, 6.07) is 16.8. The van der Waals surface area contributed by atoms with Crippen LogP contribution in [0.3, 0.4) is 0 Å². The van der Waals surface area contributed by atoms with E-state index >= 15 is 0 Å². The lowest BCUT2D eigenvalue weighted by molar-refractivity contribution is -0.111. The number of hydrogen-bond donors (Lipinski definition) is 0. The van der Waals surface area contributed by atoms with Crippen molar-refractivity contribution in [1.82, 2.24) is 0 Å². The molecule has 2 aliphatic rings. The second-order valence-corrected chi connectivity index (χ2v) is 5.02. The number of benzene rings is 2. The Balaban J connectivity index is 2.11. The van der Waals surface area contributed by atoms with Gasteiger partial charge in [-0.1, -0.05) is 48.5 Å². The van der Waals surface area contributed by atoms with E-state index in [-0.39, 0.29) is 5.41 Å². The van der Waals surface area contributed by atoms with Gasteiger partial charge in [-0.2, -0.15) is 0 Å². The maximum absolute atomic E-state index is 11.7. The number of carbonyl (C=O) groups excluding carboxylic acids is 1. The van der Waals surface area contributed by atoms with Crippen LogP contribution in [0, 0.1) is 0 Å². The summed E-state index contributed by atoms with van der Waals surface area (Å²) in [5.41, 5.74) is 4.77. The van der Waals surface area contributed by atoms with Gasteiger partial charge in [0.25, 0.3) is 0 Å². The molecule has 1 nitrogen and oxygen atoms in total. The number of rotatable bonds is 1. The van der Waals surface area contributed by atoms with Crippen molar-refractivity contribution in [1.29, 1.82) is 0 Å². The predicted molar refractivity (Wildman–Crippen MR) is 66.2 cm³/mol. The third kappa shape index (κ3) is 0.894. The van der Waals surface area contributed by atoms with Gasteiger partial charge in [0.15, 0.2) is 0 Å². The molecule has 0 spiro atoms. The molecule has 0 saturated heterocycles. The second kappa shape index (κ2) is 2.86. The lowest BCUT2D eigenvalue weighted by Crippen LogP contribution is -2.25. The van der Waals surface area contributed by atoms with Crippen LogP contribution < -0.4 is 0 Å². The van der Waals surface area contributed by atoms with Crippen molar-refractivity contribution in [3.05, 3.63) is 70.8 Å². The Morgan fingerprint density at radius 2 is 1.47 bits per heavy atom. The summed E-state index contributed by atoms with van der Waals surface area (Å²) in [6.07, 6.45) is 2.08. The van der Waals surface area contributed by atoms with E-state index in [0.717, 1.165) is 12.7 Å². The molecule has 2 aliphatic carbocycles. The molecule has 2 aromatic rings. The number of fused-ring (bicyclic) bond motifs is 8. The van der Waals surface area contributed by atoms with Crippen molar-refractivity contribution in [3.63, 3.8) is 0 Å². The van der Waals surface area contributed by atoms with Crippen LogP contribution in [0.5, 0.6) is 0 Å². The largest absolute Gasteiger partial charge is 0.302 e. The average molecular weight is 220 g/mol. The Bertz CT molecular complexity index is 579. The zero-order chi connectivity index (χ0) is 11.5. The van der Waals surface area contributed by atoms with E-state index in [9.17, 15) is 4.79 Å². The van der Waals surface area contributed by atoms with Gasteiger partial charge in [-0.3, -0.25) is 0 Å². The van der Waals surface area contributed by atoms with Crippen LogP contribution in [-0.2, 0) is 10.2 Å². The number of hydrogen-bond acceptors (Lipinski definition) is 1. The quantitative estimate of drug-likeness (QED) is 0.675. The summed E-state index contributed by atoms with van der Waals surface area (Å²) in [6.45, 7) is 0. The van der Waals surface area contributed by atoms with E-state index < -0.39 is 0 Å². The van der Waals surface area contributed by atoms with Gasteiger partial charge in [-0.15, -0.1) is 0 Å². The minimum absolute atomic E-state index is 0.363. The minimum Gasteiger partial charge on any atom is -0.302 e. The summed E-state index contributed by atoms with van der Waals surface area (Å²) in [4.78, 5) is 11.7. The Hall–Kier alpha value is -1.89. The molecule has 0 amide bonds. The first kappa shape index (κ1) is 9.17. The predicted octanol–water partition coefficient (Wildman–Crippen LogP) is 3.02. The molecule has 0 unspecified atom stereocenters. The summed E-state index contributed by atoms with van der Waals surface area (Å²) in [7, 11) is 0. The first-order chi connectivity index (χ1) is 8.37. The van der Waals surface area contributed by atoms with Crippen LogP contribution in [0.25, 0.3) is 0 Å². The van der Waals surface area contributed by atoms with Crippen LogP contribution in [0.4, 0.5) is 0 Å². The fraction of sp³-hybridized carbons (Fsp3) is 0.188. The molecular weight excluding hydrogens is 208 g/mol. The van der Waals surface area contributed by atoms with E-state index in [1.807, 2.05) is 12.1 Å². The smallest absolute Gasteiger partial charge is 0.134 e. The van der Waals surface area contributed by atoms with Crippen LogP contribution in [0.1, 0.15) is 34.6 Å². The van der Waals surface area contributed by atoms with E-state index in [1.54, 1.807) is 0 Å². The molecule has 2 aromatic carbocycles. The molecule has 4 rings (SSSR count). The molecule has 2 bridgehead atoms. The lowest BCUT2D eigenvalue weighted by atomic mass is 9.76. The molecule has 0 fully saturated rings. The normalized spacial score (nSPS) is 27.6. The third-order valence-corrected chi connectivity index (χ3v) is 4.36. The Labute approximate surface area is 100 Å². The molecule has 0 aromatic heterocycles. The number of aldehydes is 1. The molecule has 0 radical (unpaired) electrons. The molecule has 0 atom stereocenters. The van der Waals surface area contributed by atoms with Crippen molar-refractivity contribution in [2.45, 2.75) is 17.8 Å². The molecule has 82 valence electrons. The molecule has 1 heteroatoms. The lowest BCUT2D eigenvalue weighted by Gasteiger charge is -2.25. The molecule has 17 heavy (non-hydrogen) atoms. The van der Waals surface area contributed by atoms with E-state index in [0.29, 0.717) is 5.92 Å². The Morgan fingerprint density at radius 1 is 0.941 bits per heavy atom. The standard InChI is InChI=1S/C16H12O/c17-10-16-9-13(11-5-1-3-7-14(11)16)12-6-2-4-8-15(12)16/h1-8,10,13H,9H2. The molecule has 0 heterocycles. The Morgan fingerprint density at radius 3 is 2.00 bits per heavy atom. The highest BCUT2D eigenvalue weighted by Crippen LogP contribution is 2.58. The zero-order valence-electron chi connectivity index (χ0n) is 9.39. The highest BCUT2D eigenvalue weighted by molar-refractivity contribution is 5.83. The van der Waals surface area contributed by atoms with Crippen molar-refractivity contribution in [2.24, 2.45) is 0 Å². The highest BCUT2D eigenvalue weighted by Gasteiger charge is 2.52. The topological polar surface area (TPSA) is 17.1 Å². The van der Waals surface area contributed by atoms with E-state index in [2.05, 4.69) is 36.4 Å². The monoisotopic (exact) mass is 220 g/mol. The van der Waals surface area contributed by atoms with Gasteiger partial charge in [0.1, 0.15) is 6.29 Å². The van der Waals surface area contributed by atoms with Gasteiger partial charge in [-0.05, 0) is 28.7 Å². The van der Waals surface area contributed by atoms with Crippen LogP contribution in [0.2, 0.25) is 0 Å². The van der Waals surface area contributed by atoms with Gasteiger partial charge in [0.2, 0.25) is 0 Å². The maximum atomic E-state index is 11.7. The number of carbonyl (C=O) groups is 1. The van der Waals surface area contributed by atoms with Gasteiger partial charge < -0.3 is 4.79 Å². The van der Waals surface area contributed by atoms with Crippen LogP contribution in [0.15, 0.2) is 48.5 Å². The van der Waals surface area contributed by atoms with Crippen molar-refractivity contribution < 1.29 is 4.79 Å². The highest BCUT2D eigenvalue weighted by atomic mass is 16.1.